The Bertz CT molecular complexity index is 312. The highest BCUT2D eigenvalue weighted by Crippen LogP contribution is 2.49. The first kappa shape index (κ1) is 18.5. The summed E-state index contributed by atoms with van der Waals surface area (Å²) in [6.45, 7) is 4.96. The molecule has 0 saturated heterocycles. The first-order valence-corrected chi connectivity index (χ1v) is 7.97. The molecule has 5 nitrogen and oxygen atoms in total. The second-order valence-corrected chi connectivity index (χ2v) is 5.88. The van der Waals surface area contributed by atoms with Crippen molar-refractivity contribution in [1.29, 1.82) is 0 Å². The Morgan fingerprint density at radius 2 is 1.63 bits per heavy atom. The largest absolute Gasteiger partial charge is 0.462 e. The Kier molecular flexibility index (Phi) is 8.38. The lowest BCUT2D eigenvalue weighted by Gasteiger charge is -2.18. The van der Waals surface area contributed by atoms with Gasteiger partial charge in [-0.3, -0.25) is 4.57 Å². The molecule has 8 heteroatoms. The van der Waals surface area contributed by atoms with Gasteiger partial charge in [0.05, 0.1) is 26.0 Å². The van der Waals surface area contributed by atoms with Crippen LogP contribution in [0.5, 0.6) is 0 Å². The van der Waals surface area contributed by atoms with Crippen LogP contribution in [-0.2, 0) is 23.1 Å². The average molecular weight is 302 g/mol. The molecule has 0 unspecified atom stereocenters. The number of hydrogen-bond acceptors (Lipinski definition) is 5. The molecule has 0 fully saturated rings. The van der Waals surface area contributed by atoms with E-state index < -0.39 is 25.9 Å². The number of hydrogen-bond donors (Lipinski definition) is 0. The molecule has 0 aliphatic heterocycles. The molecule has 0 spiro atoms. The zero-order valence-electron chi connectivity index (χ0n) is 11.5. The van der Waals surface area contributed by atoms with E-state index in [-0.39, 0.29) is 32.4 Å². The van der Waals surface area contributed by atoms with Crippen LogP contribution in [0.15, 0.2) is 0 Å². The Hall–Kier alpha value is -0.520. The van der Waals surface area contributed by atoms with Gasteiger partial charge in [0.1, 0.15) is 0 Å². The molecule has 0 aromatic carbocycles. The van der Waals surface area contributed by atoms with Crippen LogP contribution >= 0.6 is 7.60 Å². The van der Waals surface area contributed by atoms with Crippen molar-refractivity contribution in [3.8, 4) is 0 Å². The molecule has 0 N–H and O–H groups in total. The quantitative estimate of drug-likeness (QED) is 0.458. The Labute approximate surface area is 112 Å². The SMILES string of the molecule is CCOC(=O)C(F)(F)CCCP(=O)(OCC)OCC. The van der Waals surface area contributed by atoms with Crippen molar-refractivity contribution < 1.29 is 31.9 Å². The third-order valence-corrected chi connectivity index (χ3v) is 4.32. The van der Waals surface area contributed by atoms with Crippen LogP contribution in [0, 0.1) is 0 Å². The number of alkyl halides is 2. The summed E-state index contributed by atoms with van der Waals surface area (Å²) in [5.41, 5.74) is 0. The van der Waals surface area contributed by atoms with Gasteiger partial charge >= 0.3 is 19.5 Å². The molecule has 114 valence electrons. The second-order valence-electron chi connectivity index (χ2n) is 3.70. The molecule has 0 heterocycles. The zero-order valence-corrected chi connectivity index (χ0v) is 12.4. The molecule has 0 rings (SSSR count). The molecular formula is C11H21F2O5P. The lowest BCUT2D eigenvalue weighted by molar-refractivity contribution is -0.172. The Morgan fingerprint density at radius 1 is 1.11 bits per heavy atom. The molecule has 0 aliphatic rings. The van der Waals surface area contributed by atoms with Crippen LogP contribution in [0.3, 0.4) is 0 Å². The maximum absolute atomic E-state index is 13.3. The van der Waals surface area contributed by atoms with E-state index in [1.165, 1.54) is 6.92 Å². The number of halogens is 2. The van der Waals surface area contributed by atoms with Gasteiger partial charge < -0.3 is 13.8 Å². The van der Waals surface area contributed by atoms with Crippen molar-refractivity contribution in [3.63, 3.8) is 0 Å². The minimum absolute atomic E-state index is 0.106. The van der Waals surface area contributed by atoms with Gasteiger partial charge in [-0.05, 0) is 27.2 Å². The normalized spacial score (nSPS) is 12.5. The van der Waals surface area contributed by atoms with Crippen LogP contribution in [-0.4, -0.2) is 37.9 Å². The van der Waals surface area contributed by atoms with Crippen molar-refractivity contribution in [2.45, 2.75) is 39.5 Å². The summed E-state index contributed by atoms with van der Waals surface area (Å²) < 4.78 is 52.8. The van der Waals surface area contributed by atoms with Crippen molar-refractivity contribution >= 4 is 13.6 Å². The fourth-order valence-electron chi connectivity index (χ4n) is 1.39. The van der Waals surface area contributed by atoms with Crippen LogP contribution in [0.1, 0.15) is 33.6 Å². The third kappa shape index (κ3) is 6.99. The van der Waals surface area contributed by atoms with E-state index in [1.807, 2.05) is 0 Å². The van der Waals surface area contributed by atoms with Gasteiger partial charge in [-0.25, -0.2) is 4.79 Å². The molecule has 0 amide bonds. The van der Waals surface area contributed by atoms with E-state index in [0.29, 0.717) is 0 Å². The average Bonchev–Trinajstić information content (AvgIpc) is 2.29. The maximum Gasteiger partial charge on any atom is 0.376 e. The number of esters is 1. The monoisotopic (exact) mass is 302 g/mol. The lowest BCUT2D eigenvalue weighted by atomic mass is 10.2. The second kappa shape index (κ2) is 8.61. The number of carbonyl (C=O) groups is 1. The summed E-state index contributed by atoms with van der Waals surface area (Å²) in [4.78, 5) is 11.0. The topological polar surface area (TPSA) is 61.8 Å². The highest BCUT2D eigenvalue weighted by Gasteiger charge is 2.40. The van der Waals surface area contributed by atoms with E-state index in [9.17, 15) is 18.1 Å². The third-order valence-electron chi connectivity index (χ3n) is 2.15. The summed E-state index contributed by atoms with van der Waals surface area (Å²) in [5, 5.41) is 0. The predicted molar refractivity (Wildman–Crippen MR) is 66.5 cm³/mol. The summed E-state index contributed by atoms with van der Waals surface area (Å²) in [7, 11) is -3.34. The minimum atomic E-state index is -3.57. The van der Waals surface area contributed by atoms with Gasteiger partial charge in [-0.15, -0.1) is 0 Å². The minimum Gasteiger partial charge on any atom is -0.462 e. The van der Waals surface area contributed by atoms with Gasteiger partial charge in [-0.1, -0.05) is 0 Å². The van der Waals surface area contributed by atoms with Gasteiger partial charge in [0.15, 0.2) is 0 Å². The molecule has 0 aromatic heterocycles. The van der Waals surface area contributed by atoms with E-state index in [2.05, 4.69) is 4.74 Å². The zero-order chi connectivity index (χ0) is 14.9. The van der Waals surface area contributed by atoms with Crippen molar-refractivity contribution in [2.75, 3.05) is 26.0 Å². The van der Waals surface area contributed by atoms with E-state index >= 15 is 0 Å². The highest BCUT2D eigenvalue weighted by molar-refractivity contribution is 7.53. The van der Waals surface area contributed by atoms with Gasteiger partial charge in [0, 0.05) is 6.42 Å². The molecular weight excluding hydrogens is 281 g/mol. The highest BCUT2D eigenvalue weighted by atomic mass is 31.2. The van der Waals surface area contributed by atoms with Gasteiger partial charge in [-0.2, -0.15) is 8.78 Å². The Morgan fingerprint density at radius 3 is 2.05 bits per heavy atom. The number of rotatable bonds is 10. The summed E-state index contributed by atoms with van der Waals surface area (Å²) in [5.74, 6) is -5.13. The van der Waals surface area contributed by atoms with Crippen molar-refractivity contribution in [3.05, 3.63) is 0 Å². The lowest BCUT2D eigenvalue weighted by Crippen LogP contribution is -2.31. The molecule has 0 saturated carbocycles. The first-order valence-electron chi connectivity index (χ1n) is 6.24. The standard InChI is InChI=1S/C11H21F2O5P/c1-4-16-10(14)11(12,13)8-7-9-19(15,17-5-2)18-6-3/h4-9H2,1-3H3. The van der Waals surface area contributed by atoms with Gasteiger partial charge in [0.2, 0.25) is 0 Å². The van der Waals surface area contributed by atoms with E-state index in [4.69, 9.17) is 9.05 Å². The summed E-state index contributed by atoms with van der Waals surface area (Å²) >= 11 is 0. The molecule has 0 aromatic rings. The molecule has 0 atom stereocenters. The predicted octanol–water partition coefficient (Wildman–Crippen LogP) is 3.23. The van der Waals surface area contributed by atoms with E-state index in [1.54, 1.807) is 13.8 Å². The molecule has 0 bridgehead atoms. The van der Waals surface area contributed by atoms with Crippen molar-refractivity contribution in [2.24, 2.45) is 0 Å². The van der Waals surface area contributed by atoms with Gasteiger partial charge in [0.25, 0.3) is 0 Å². The van der Waals surface area contributed by atoms with Crippen LogP contribution in [0.25, 0.3) is 0 Å². The van der Waals surface area contributed by atoms with Crippen LogP contribution in [0.2, 0.25) is 0 Å². The maximum atomic E-state index is 13.3. The first-order chi connectivity index (χ1) is 8.81. The van der Waals surface area contributed by atoms with Crippen molar-refractivity contribution in [1.82, 2.24) is 0 Å². The van der Waals surface area contributed by atoms with Crippen LogP contribution in [0.4, 0.5) is 8.78 Å². The Balaban J connectivity index is 4.32. The molecule has 0 aliphatic carbocycles. The van der Waals surface area contributed by atoms with Crippen LogP contribution < -0.4 is 0 Å². The molecule has 19 heavy (non-hydrogen) atoms. The summed E-state index contributed by atoms with van der Waals surface area (Å²) in [6, 6.07) is 0. The summed E-state index contributed by atoms with van der Waals surface area (Å²) in [6.07, 6.45) is -1.04. The number of carbonyl (C=O) groups excluding carboxylic acids is 1. The fourth-order valence-corrected chi connectivity index (χ4v) is 3.06. The van der Waals surface area contributed by atoms with E-state index in [0.717, 1.165) is 0 Å². The number of ether oxygens (including phenoxy) is 1. The fraction of sp³-hybridized carbons (Fsp3) is 0.909. The molecule has 0 radical (unpaired) electrons. The smallest absolute Gasteiger partial charge is 0.376 e.